The molecule has 1 aromatic heterocycles. The second-order valence-electron chi connectivity index (χ2n) is 7.01. The highest BCUT2D eigenvalue weighted by molar-refractivity contribution is 5.74. The Hall–Kier alpha value is -3.23. The third-order valence-electron chi connectivity index (χ3n) is 4.94. The largest absolute Gasteiger partial charge is 0.466 e. The zero-order valence-electron chi connectivity index (χ0n) is 16.6. The number of carbonyl (C=O) groups is 1. The average molecular weight is 399 g/mol. The molecule has 0 atom stereocenters. The van der Waals surface area contributed by atoms with Crippen LogP contribution in [0.4, 0.5) is 17.3 Å². The number of hydrogen-bond donors (Lipinski definition) is 1. The van der Waals surface area contributed by atoms with Gasteiger partial charge in [-0.25, -0.2) is 9.97 Å². The van der Waals surface area contributed by atoms with E-state index in [1.54, 1.807) is 6.92 Å². The van der Waals surface area contributed by atoms with Crippen LogP contribution in [0.15, 0.2) is 30.6 Å². The van der Waals surface area contributed by atoms with E-state index in [0.29, 0.717) is 39.1 Å². The number of benzene rings is 1. The Kier molecular flexibility index (Phi) is 6.58. The fraction of sp³-hybridized carbons (Fsp3) is 0.450. The first kappa shape index (κ1) is 20.5. The molecular weight excluding hydrogens is 374 g/mol. The third kappa shape index (κ3) is 4.98. The highest BCUT2D eigenvalue weighted by Crippen LogP contribution is 2.34. The molecule has 0 spiro atoms. The molecule has 1 saturated heterocycles. The van der Waals surface area contributed by atoms with Gasteiger partial charge < -0.3 is 15.0 Å². The van der Waals surface area contributed by atoms with Gasteiger partial charge in [0.2, 0.25) is 11.6 Å². The molecule has 2 heterocycles. The van der Waals surface area contributed by atoms with Gasteiger partial charge in [-0.2, -0.15) is 0 Å². The lowest BCUT2D eigenvalue weighted by atomic mass is 9.97. The maximum absolute atomic E-state index is 11.9. The molecule has 0 saturated carbocycles. The SMILES string of the molecule is CCOC(=O)C1CCN(c2ncnc(NCc3cccc(C)c3)c2[N+](=O)[O-])CC1. The molecular formula is C20H25N5O4. The summed E-state index contributed by atoms with van der Waals surface area (Å²) in [7, 11) is 0. The van der Waals surface area contributed by atoms with E-state index in [2.05, 4.69) is 15.3 Å². The Morgan fingerprint density at radius 1 is 1.34 bits per heavy atom. The van der Waals surface area contributed by atoms with Crippen molar-refractivity contribution in [2.75, 3.05) is 29.9 Å². The summed E-state index contributed by atoms with van der Waals surface area (Å²) in [6.45, 7) is 5.55. The van der Waals surface area contributed by atoms with Crippen molar-refractivity contribution in [1.29, 1.82) is 0 Å². The molecule has 0 bridgehead atoms. The molecule has 0 radical (unpaired) electrons. The van der Waals surface area contributed by atoms with Crippen LogP contribution >= 0.6 is 0 Å². The Morgan fingerprint density at radius 3 is 2.76 bits per heavy atom. The fourth-order valence-electron chi connectivity index (χ4n) is 3.49. The van der Waals surface area contributed by atoms with Crippen LogP contribution in [0.5, 0.6) is 0 Å². The number of rotatable bonds is 7. The molecule has 1 aliphatic heterocycles. The van der Waals surface area contributed by atoms with E-state index < -0.39 is 4.92 Å². The van der Waals surface area contributed by atoms with Gasteiger partial charge in [0.1, 0.15) is 6.33 Å². The molecule has 9 heteroatoms. The van der Waals surface area contributed by atoms with Crippen molar-refractivity contribution in [1.82, 2.24) is 9.97 Å². The number of nitro groups is 1. The van der Waals surface area contributed by atoms with Crippen LogP contribution < -0.4 is 10.2 Å². The topological polar surface area (TPSA) is 110 Å². The minimum Gasteiger partial charge on any atom is -0.466 e. The molecule has 154 valence electrons. The van der Waals surface area contributed by atoms with Gasteiger partial charge in [0.05, 0.1) is 17.4 Å². The van der Waals surface area contributed by atoms with Crippen LogP contribution in [-0.4, -0.2) is 40.6 Å². The highest BCUT2D eigenvalue weighted by atomic mass is 16.6. The number of carbonyl (C=O) groups excluding carboxylic acids is 1. The quantitative estimate of drug-likeness (QED) is 0.430. The Balaban J connectivity index is 1.75. The number of hydrogen-bond acceptors (Lipinski definition) is 8. The van der Waals surface area contributed by atoms with E-state index in [4.69, 9.17) is 4.74 Å². The minimum atomic E-state index is -0.453. The number of ether oxygens (including phenoxy) is 1. The fourth-order valence-corrected chi connectivity index (χ4v) is 3.49. The van der Waals surface area contributed by atoms with Gasteiger partial charge in [-0.15, -0.1) is 0 Å². The van der Waals surface area contributed by atoms with E-state index in [1.807, 2.05) is 36.1 Å². The van der Waals surface area contributed by atoms with Gasteiger partial charge in [0, 0.05) is 19.6 Å². The smallest absolute Gasteiger partial charge is 0.353 e. The van der Waals surface area contributed by atoms with Crippen molar-refractivity contribution in [3.8, 4) is 0 Å². The van der Waals surface area contributed by atoms with E-state index >= 15 is 0 Å². The summed E-state index contributed by atoms with van der Waals surface area (Å²) in [5, 5.41) is 14.9. The van der Waals surface area contributed by atoms with Gasteiger partial charge in [0.15, 0.2) is 0 Å². The number of anilines is 2. The van der Waals surface area contributed by atoms with Crippen LogP contribution in [0.25, 0.3) is 0 Å². The first-order valence-corrected chi connectivity index (χ1v) is 9.70. The Bertz CT molecular complexity index is 881. The maximum Gasteiger partial charge on any atom is 0.353 e. The second-order valence-corrected chi connectivity index (χ2v) is 7.01. The lowest BCUT2D eigenvalue weighted by Crippen LogP contribution is -2.37. The van der Waals surface area contributed by atoms with Crippen LogP contribution in [0, 0.1) is 23.0 Å². The molecule has 0 unspecified atom stereocenters. The van der Waals surface area contributed by atoms with Crippen LogP contribution in [0.2, 0.25) is 0 Å². The number of nitrogens with zero attached hydrogens (tertiary/aromatic N) is 4. The number of aromatic nitrogens is 2. The number of piperidine rings is 1. The highest BCUT2D eigenvalue weighted by Gasteiger charge is 2.32. The lowest BCUT2D eigenvalue weighted by molar-refractivity contribution is -0.383. The van der Waals surface area contributed by atoms with Crippen molar-refractivity contribution in [3.05, 3.63) is 51.8 Å². The monoisotopic (exact) mass is 399 g/mol. The molecule has 2 aromatic rings. The summed E-state index contributed by atoms with van der Waals surface area (Å²) in [6, 6.07) is 7.91. The second kappa shape index (κ2) is 9.31. The first-order valence-electron chi connectivity index (χ1n) is 9.70. The predicted octanol–water partition coefficient (Wildman–Crippen LogP) is 3.08. The Morgan fingerprint density at radius 2 is 2.10 bits per heavy atom. The minimum absolute atomic E-state index is 0.144. The molecule has 0 amide bonds. The van der Waals surface area contributed by atoms with Crippen molar-refractivity contribution >= 4 is 23.3 Å². The number of aryl methyl sites for hydroxylation is 1. The van der Waals surface area contributed by atoms with E-state index in [9.17, 15) is 14.9 Å². The zero-order valence-corrected chi connectivity index (χ0v) is 16.6. The van der Waals surface area contributed by atoms with E-state index in [-0.39, 0.29) is 29.2 Å². The van der Waals surface area contributed by atoms with Crippen LogP contribution in [0.1, 0.15) is 30.9 Å². The molecule has 1 N–H and O–H groups in total. The number of esters is 1. The summed E-state index contributed by atoms with van der Waals surface area (Å²) >= 11 is 0. The summed E-state index contributed by atoms with van der Waals surface area (Å²) in [4.78, 5) is 33.4. The van der Waals surface area contributed by atoms with Crippen molar-refractivity contribution in [2.24, 2.45) is 5.92 Å². The standard InChI is InChI=1S/C20H25N5O4/c1-3-29-20(26)16-7-9-24(10-8-16)19-17(25(27)28)18(22-13-23-19)21-12-15-6-4-5-14(2)11-15/h4-6,11,13,16H,3,7-10,12H2,1-2H3,(H,21,22,23). The van der Waals surface area contributed by atoms with Gasteiger partial charge in [-0.3, -0.25) is 14.9 Å². The van der Waals surface area contributed by atoms with Gasteiger partial charge in [-0.05, 0) is 32.3 Å². The molecule has 29 heavy (non-hydrogen) atoms. The van der Waals surface area contributed by atoms with Crippen LogP contribution in [-0.2, 0) is 16.1 Å². The molecule has 1 aromatic carbocycles. The lowest BCUT2D eigenvalue weighted by Gasteiger charge is -2.31. The maximum atomic E-state index is 11.9. The van der Waals surface area contributed by atoms with Crippen molar-refractivity contribution in [3.63, 3.8) is 0 Å². The molecule has 9 nitrogen and oxygen atoms in total. The summed E-state index contributed by atoms with van der Waals surface area (Å²) in [5.74, 6) is 0.0870. The van der Waals surface area contributed by atoms with Crippen molar-refractivity contribution in [2.45, 2.75) is 33.2 Å². The normalized spacial score (nSPS) is 14.5. The zero-order chi connectivity index (χ0) is 20.8. The summed E-state index contributed by atoms with van der Waals surface area (Å²) < 4.78 is 5.08. The van der Waals surface area contributed by atoms with Crippen LogP contribution in [0.3, 0.4) is 0 Å². The molecule has 1 aliphatic rings. The van der Waals surface area contributed by atoms with E-state index in [1.165, 1.54) is 6.33 Å². The molecule has 1 fully saturated rings. The summed E-state index contributed by atoms with van der Waals surface area (Å²) in [5.41, 5.74) is 1.98. The first-order chi connectivity index (χ1) is 14.0. The van der Waals surface area contributed by atoms with Gasteiger partial charge in [-0.1, -0.05) is 29.8 Å². The summed E-state index contributed by atoms with van der Waals surface area (Å²) in [6.07, 6.45) is 2.48. The van der Waals surface area contributed by atoms with Gasteiger partial charge >= 0.3 is 11.7 Å². The third-order valence-corrected chi connectivity index (χ3v) is 4.94. The van der Waals surface area contributed by atoms with E-state index in [0.717, 1.165) is 11.1 Å². The molecule has 0 aliphatic carbocycles. The van der Waals surface area contributed by atoms with Crippen molar-refractivity contribution < 1.29 is 14.5 Å². The Labute approximate surface area is 169 Å². The predicted molar refractivity (Wildman–Crippen MR) is 109 cm³/mol. The average Bonchev–Trinajstić information content (AvgIpc) is 2.72. The number of nitrogens with one attached hydrogen (secondary N) is 1. The molecule has 3 rings (SSSR count). The van der Waals surface area contributed by atoms with Gasteiger partial charge in [0.25, 0.3) is 0 Å².